The minimum Gasteiger partial charge on any atom is -0.463 e. The Kier molecular flexibility index (Phi) is 9.90. The molecule has 7 heteroatoms. The van der Waals surface area contributed by atoms with Crippen molar-refractivity contribution in [3.63, 3.8) is 0 Å². The first-order valence-corrected chi connectivity index (χ1v) is 16.3. The maximum atomic E-state index is 6.22. The topological polar surface area (TPSA) is 18.5 Å². The fourth-order valence-electron chi connectivity index (χ4n) is 1.67. The Hall–Kier alpha value is 1.27. The van der Waals surface area contributed by atoms with Gasteiger partial charge in [0.25, 0.3) is 0 Å². The van der Waals surface area contributed by atoms with Crippen molar-refractivity contribution in [2.75, 3.05) is 5.33 Å². The van der Waals surface area contributed by atoms with Gasteiger partial charge in [-0.15, -0.1) is 0 Å². The lowest BCUT2D eigenvalue weighted by Crippen LogP contribution is -2.32. The number of alkyl halides is 1. The predicted octanol–water partition coefficient (Wildman–Crippen LogP) is 2.39. The number of halogens is 1. The van der Waals surface area contributed by atoms with Crippen molar-refractivity contribution in [3.05, 3.63) is 0 Å². The van der Waals surface area contributed by atoms with Gasteiger partial charge in [-0.2, -0.15) is 0 Å². The summed E-state index contributed by atoms with van der Waals surface area (Å²) in [5.74, 6) is 0. The summed E-state index contributed by atoms with van der Waals surface area (Å²) in [6.07, 6.45) is 2.60. The van der Waals surface area contributed by atoms with Crippen LogP contribution < -0.4 is 0 Å². The number of rotatable bonds is 10. The fourth-order valence-corrected chi connectivity index (χ4v) is 9.73. The molecule has 0 saturated heterocycles. The highest BCUT2D eigenvalue weighted by atomic mass is 79.9. The zero-order chi connectivity index (χ0) is 13.4. The molecule has 104 valence electrons. The number of hydrogen-bond donors (Lipinski definition) is 0. The highest BCUT2D eigenvalue weighted by molar-refractivity contribution is 9.09. The molecule has 0 heterocycles. The van der Waals surface area contributed by atoms with Gasteiger partial charge in [0.1, 0.15) is 20.2 Å². The molecule has 0 aromatic heterocycles. The first-order chi connectivity index (χ1) is 7.83. The van der Waals surface area contributed by atoms with E-state index in [1.165, 1.54) is 31.0 Å². The Balaban J connectivity index is 3.57. The largest absolute Gasteiger partial charge is 0.463 e. The summed E-state index contributed by atoms with van der Waals surface area (Å²) in [7, 11) is -1.94. The third kappa shape index (κ3) is 10.8. The number of hydrogen-bond acceptors (Lipinski definition) is 2. The van der Waals surface area contributed by atoms with Crippen molar-refractivity contribution < 1.29 is 8.23 Å². The van der Waals surface area contributed by atoms with Crippen LogP contribution in [0.5, 0.6) is 0 Å². The Morgan fingerprint density at radius 3 is 2.18 bits per heavy atom. The third-order valence-electron chi connectivity index (χ3n) is 3.13. The molecule has 0 amide bonds. The van der Waals surface area contributed by atoms with Crippen LogP contribution in [0.3, 0.4) is 0 Å². The van der Waals surface area contributed by atoms with Crippen molar-refractivity contribution in [3.8, 4) is 0 Å². The molecule has 2 nitrogen and oxygen atoms in total. The van der Waals surface area contributed by atoms with Crippen LogP contribution in [-0.2, 0) is 8.23 Å². The fraction of sp³-hybridized carbons (Fsp3) is 1.00. The first kappa shape index (κ1) is 18.3. The molecule has 0 saturated carbocycles. The van der Waals surface area contributed by atoms with E-state index in [0.717, 1.165) is 15.8 Å². The molecular weight excluding hydrogens is 344 g/mol. The molecule has 0 radical (unpaired) electrons. The third-order valence-corrected chi connectivity index (χ3v) is 16.0. The summed E-state index contributed by atoms with van der Waals surface area (Å²) in [6, 6.07) is 3.96. The monoisotopic (exact) mass is 372 g/mol. The van der Waals surface area contributed by atoms with Crippen LogP contribution in [0.25, 0.3) is 0 Å². The van der Waals surface area contributed by atoms with Crippen LogP contribution in [0.1, 0.15) is 12.8 Å². The summed E-state index contributed by atoms with van der Waals surface area (Å²) in [6.45, 7) is 9.39. The maximum absolute atomic E-state index is 6.22. The van der Waals surface area contributed by atoms with Gasteiger partial charge in [-0.05, 0) is 50.7 Å². The molecular formula is C10H29BrO2Si4. The predicted molar refractivity (Wildman–Crippen MR) is 93.1 cm³/mol. The SMILES string of the molecule is C[Si](C)(CCC[SiH2]O[Si](C)(C)CCCBr)O[SiH3]. The van der Waals surface area contributed by atoms with Crippen molar-refractivity contribution in [2.24, 2.45) is 0 Å². The zero-order valence-electron chi connectivity index (χ0n) is 12.1. The smallest absolute Gasteiger partial charge is 0.173 e. The van der Waals surface area contributed by atoms with Crippen molar-refractivity contribution in [1.82, 2.24) is 0 Å². The van der Waals surface area contributed by atoms with Gasteiger partial charge in [0, 0.05) is 5.33 Å². The van der Waals surface area contributed by atoms with Crippen LogP contribution in [0.15, 0.2) is 0 Å². The molecule has 0 atom stereocenters. The summed E-state index contributed by atoms with van der Waals surface area (Å²) in [4.78, 5) is 0. The Labute approximate surface area is 123 Å². The average molecular weight is 374 g/mol. The van der Waals surface area contributed by atoms with Gasteiger partial charge in [-0.25, -0.2) is 0 Å². The molecule has 0 aliphatic rings. The van der Waals surface area contributed by atoms with E-state index >= 15 is 0 Å². The van der Waals surface area contributed by atoms with Gasteiger partial charge < -0.3 is 8.23 Å². The molecule has 0 bridgehead atoms. The van der Waals surface area contributed by atoms with Gasteiger partial charge in [-0.1, -0.05) is 22.4 Å². The van der Waals surface area contributed by atoms with E-state index in [9.17, 15) is 0 Å². The summed E-state index contributed by atoms with van der Waals surface area (Å²) in [5, 5.41) is 1.12. The summed E-state index contributed by atoms with van der Waals surface area (Å²) >= 11 is 3.50. The van der Waals surface area contributed by atoms with Gasteiger partial charge in [0.15, 0.2) is 16.6 Å². The van der Waals surface area contributed by atoms with E-state index in [1.54, 1.807) is 0 Å². The summed E-state index contributed by atoms with van der Waals surface area (Å²) in [5.41, 5.74) is 0. The molecule has 0 aliphatic heterocycles. The molecule has 17 heavy (non-hydrogen) atoms. The highest BCUT2D eigenvalue weighted by Crippen LogP contribution is 2.17. The maximum Gasteiger partial charge on any atom is 0.173 e. The molecule has 0 aliphatic carbocycles. The van der Waals surface area contributed by atoms with E-state index in [1.807, 2.05) is 0 Å². The van der Waals surface area contributed by atoms with Crippen molar-refractivity contribution in [1.29, 1.82) is 0 Å². The van der Waals surface area contributed by atoms with E-state index in [-0.39, 0.29) is 9.76 Å². The van der Waals surface area contributed by atoms with Gasteiger partial charge in [-0.3, -0.25) is 0 Å². The van der Waals surface area contributed by atoms with Crippen LogP contribution >= 0.6 is 15.9 Å². The Bertz CT molecular complexity index is 203. The lowest BCUT2D eigenvalue weighted by atomic mass is 10.6. The van der Waals surface area contributed by atoms with Gasteiger partial charge >= 0.3 is 0 Å². The van der Waals surface area contributed by atoms with Crippen molar-refractivity contribution >= 4 is 52.8 Å². The highest BCUT2D eigenvalue weighted by Gasteiger charge is 2.22. The van der Waals surface area contributed by atoms with E-state index in [2.05, 4.69) is 42.1 Å². The molecule has 0 spiro atoms. The summed E-state index contributed by atoms with van der Waals surface area (Å²) < 4.78 is 11.9. The van der Waals surface area contributed by atoms with E-state index in [0.29, 0.717) is 0 Å². The second-order valence-corrected chi connectivity index (χ2v) is 18.6. The molecule has 0 fully saturated rings. The van der Waals surface area contributed by atoms with Crippen molar-refractivity contribution in [2.45, 2.75) is 57.2 Å². The lowest BCUT2D eigenvalue weighted by molar-refractivity contribution is 0.574. The average Bonchev–Trinajstić information content (AvgIpc) is 2.26. The van der Waals surface area contributed by atoms with E-state index < -0.39 is 16.6 Å². The molecule has 0 N–H and O–H groups in total. The molecule has 0 aromatic rings. The molecule has 0 aromatic carbocycles. The Morgan fingerprint density at radius 1 is 1.06 bits per heavy atom. The van der Waals surface area contributed by atoms with Crippen LogP contribution in [0.2, 0.25) is 44.3 Å². The van der Waals surface area contributed by atoms with Crippen LogP contribution in [-0.4, -0.2) is 42.2 Å². The first-order valence-electron chi connectivity index (χ1n) is 6.58. The van der Waals surface area contributed by atoms with Crippen LogP contribution in [0, 0.1) is 0 Å². The van der Waals surface area contributed by atoms with E-state index in [4.69, 9.17) is 8.23 Å². The lowest BCUT2D eigenvalue weighted by Gasteiger charge is -2.24. The Morgan fingerprint density at radius 2 is 1.65 bits per heavy atom. The van der Waals surface area contributed by atoms with Gasteiger partial charge in [0.05, 0.1) is 0 Å². The normalized spacial score (nSPS) is 13.9. The minimum atomic E-state index is -1.31. The second kappa shape index (κ2) is 9.22. The molecule has 0 unspecified atom stereocenters. The van der Waals surface area contributed by atoms with Crippen LogP contribution in [0.4, 0.5) is 0 Å². The standard InChI is InChI=1S/C10H29BrO2Si4/c1-16(2,12-14)10-6-8-15-13-17(3,4)9-5-7-11/h5-10,15H2,1-4,14H3. The minimum absolute atomic E-state index is 0.273. The zero-order valence-corrected chi connectivity index (χ0v) is 19.1. The quantitative estimate of drug-likeness (QED) is 0.333. The van der Waals surface area contributed by atoms with Gasteiger partial charge in [0.2, 0.25) is 0 Å². The molecule has 0 rings (SSSR count). The second-order valence-electron chi connectivity index (χ2n) is 5.82.